The van der Waals surface area contributed by atoms with E-state index in [2.05, 4.69) is 20.3 Å². The molecule has 6 nitrogen and oxygen atoms in total. The Hall–Kier alpha value is -2.37. The zero-order valence-corrected chi connectivity index (χ0v) is 13.1. The Labute approximate surface area is 135 Å². The molecule has 0 unspecified atom stereocenters. The summed E-state index contributed by atoms with van der Waals surface area (Å²) >= 11 is 0. The van der Waals surface area contributed by atoms with Gasteiger partial charge in [-0.25, -0.2) is 4.68 Å². The van der Waals surface area contributed by atoms with Crippen molar-refractivity contribution in [3.63, 3.8) is 0 Å². The van der Waals surface area contributed by atoms with Crippen LogP contribution in [0.2, 0.25) is 0 Å². The first-order valence-electron chi connectivity index (χ1n) is 8.30. The summed E-state index contributed by atoms with van der Waals surface area (Å²) in [7, 11) is 0. The van der Waals surface area contributed by atoms with Crippen molar-refractivity contribution in [2.75, 3.05) is 18.0 Å². The van der Waals surface area contributed by atoms with Crippen molar-refractivity contribution < 1.29 is 4.79 Å². The summed E-state index contributed by atoms with van der Waals surface area (Å²) in [6.45, 7) is 1.76. The molecule has 4 rings (SSSR count). The number of nitrogens with zero attached hydrogens (tertiary/aromatic N) is 4. The number of anilines is 1. The monoisotopic (exact) mass is 311 g/mol. The summed E-state index contributed by atoms with van der Waals surface area (Å²) < 4.78 is 1.86. The second-order valence-electron chi connectivity index (χ2n) is 6.36. The highest BCUT2D eigenvalue weighted by molar-refractivity contribution is 5.79. The van der Waals surface area contributed by atoms with Crippen molar-refractivity contribution >= 4 is 11.6 Å². The summed E-state index contributed by atoms with van der Waals surface area (Å²) in [6.07, 6.45) is 11.5. The Morgan fingerprint density at radius 3 is 2.65 bits per heavy atom. The maximum atomic E-state index is 12.2. The lowest BCUT2D eigenvalue weighted by Gasteiger charge is -2.33. The number of carbonyl (C=O) groups is 1. The molecule has 2 aromatic rings. The minimum Gasteiger partial charge on any atom is -0.368 e. The fraction of sp³-hybridized carbons (Fsp3) is 0.471. The van der Waals surface area contributed by atoms with E-state index in [1.807, 2.05) is 29.2 Å². The Balaban J connectivity index is 1.45. The molecule has 2 aromatic heterocycles. The first-order chi connectivity index (χ1) is 11.3. The van der Waals surface area contributed by atoms with E-state index in [1.165, 1.54) is 0 Å². The molecule has 2 fully saturated rings. The highest BCUT2D eigenvalue weighted by atomic mass is 16.2. The number of pyridine rings is 1. The van der Waals surface area contributed by atoms with E-state index in [4.69, 9.17) is 0 Å². The summed E-state index contributed by atoms with van der Waals surface area (Å²) in [5.74, 6) is 0.391. The van der Waals surface area contributed by atoms with Crippen LogP contribution in [0.25, 0.3) is 5.69 Å². The zero-order valence-electron chi connectivity index (χ0n) is 13.1. The standard InChI is InChI=1S/C17H21N5O/c23-17(20-14-2-3-14)13-5-10-21(11-6-13)16-12-18-8-4-15(16)22-9-1-7-19-22/h1,4,7-9,12-14H,2-3,5-6,10-11H2,(H,20,23). The zero-order chi connectivity index (χ0) is 15.6. The average molecular weight is 311 g/mol. The van der Waals surface area contributed by atoms with Gasteiger partial charge in [-0.2, -0.15) is 5.10 Å². The van der Waals surface area contributed by atoms with E-state index in [-0.39, 0.29) is 11.8 Å². The van der Waals surface area contributed by atoms with Gasteiger partial charge in [0.15, 0.2) is 0 Å². The molecule has 1 aliphatic heterocycles. The molecule has 120 valence electrons. The molecule has 1 aliphatic carbocycles. The van der Waals surface area contributed by atoms with Gasteiger partial charge in [0.25, 0.3) is 0 Å². The Bertz CT molecular complexity index is 672. The minimum atomic E-state index is 0.150. The fourth-order valence-electron chi connectivity index (χ4n) is 3.16. The van der Waals surface area contributed by atoms with Crippen LogP contribution >= 0.6 is 0 Å². The highest BCUT2D eigenvalue weighted by Crippen LogP contribution is 2.28. The molecular formula is C17H21N5O. The molecule has 3 heterocycles. The molecule has 0 atom stereocenters. The molecule has 0 bridgehead atoms. The second kappa shape index (κ2) is 6.02. The van der Waals surface area contributed by atoms with Crippen LogP contribution in [-0.2, 0) is 4.79 Å². The largest absolute Gasteiger partial charge is 0.368 e. The SMILES string of the molecule is O=C(NC1CC1)C1CCN(c2cnccc2-n2cccn2)CC1. The van der Waals surface area contributed by atoms with E-state index in [9.17, 15) is 4.79 Å². The number of rotatable bonds is 4. The number of aromatic nitrogens is 3. The molecule has 1 N–H and O–H groups in total. The lowest BCUT2D eigenvalue weighted by molar-refractivity contribution is -0.125. The fourth-order valence-corrected chi connectivity index (χ4v) is 3.16. The number of carbonyl (C=O) groups excluding carboxylic acids is 1. The van der Waals surface area contributed by atoms with Gasteiger partial charge in [0.2, 0.25) is 5.91 Å². The van der Waals surface area contributed by atoms with Gasteiger partial charge in [0.1, 0.15) is 0 Å². The number of hydrogen-bond acceptors (Lipinski definition) is 4. The number of hydrogen-bond donors (Lipinski definition) is 1. The third kappa shape index (κ3) is 3.06. The van der Waals surface area contributed by atoms with Crippen LogP contribution in [0.4, 0.5) is 5.69 Å². The maximum Gasteiger partial charge on any atom is 0.223 e. The molecule has 1 saturated carbocycles. The molecule has 6 heteroatoms. The second-order valence-corrected chi connectivity index (χ2v) is 6.36. The van der Waals surface area contributed by atoms with Gasteiger partial charge >= 0.3 is 0 Å². The predicted molar refractivity (Wildman–Crippen MR) is 87.5 cm³/mol. The summed E-state index contributed by atoms with van der Waals surface area (Å²) in [5, 5.41) is 7.45. The number of piperidine rings is 1. The van der Waals surface area contributed by atoms with Crippen LogP contribution in [0, 0.1) is 5.92 Å². The quantitative estimate of drug-likeness (QED) is 0.934. The lowest BCUT2D eigenvalue weighted by atomic mass is 9.95. The molecule has 2 aliphatic rings. The number of nitrogens with one attached hydrogen (secondary N) is 1. The highest BCUT2D eigenvalue weighted by Gasteiger charge is 2.30. The Morgan fingerprint density at radius 1 is 1.13 bits per heavy atom. The van der Waals surface area contributed by atoms with Crippen molar-refractivity contribution in [1.29, 1.82) is 0 Å². The van der Waals surface area contributed by atoms with Gasteiger partial charge in [-0.15, -0.1) is 0 Å². The maximum absolute atomic E-state index is 12.2. The van der Waals surface area contributed by atoms with Gasteiger partial charge in [-0.05, 0) is 37.8 Å². The van der Waals surface area contributed by atoms with E-state index in [0.29, 0.717) is 6.04 Å². The van der Waals surface area contributed by atoms with Crippen LogP contribution in [0.1, 0.15) is 25.7 Å². The smallest absolute Gasteiger partial charge is 0.223 e. The van der Waals surface area contributed by atoms with Crippen molar-refractivity contribution in [3.8, 4) is 5.69 Å². The summed E-state index contributed by atoms with van der Waals surface area (Å²) in [4.78, 5) is 18.8. The third-order valence-electron chi connectivity index (χ3n) is 4.66. The van der Waals surface area contributed by atoms with Crippen LogP contribution in [0.3, 0.4) is 0 Å². The van der Waals surface area contributed by atoms with Crippen molar-refractivity contribution in [2.45, 2.75) is 31.7 Å². The van der Waals surface area contributed by atoms with Crippen LogP contribution in [0.15, 0.2) is 36.9 Å². The summed E-state index contributed by atoms with van der Waals surface area (Å²) in [5.41, 5.74) is 2.11. The molecule has 1 saturated heterocycles. The van der Waals surface area contributed by atoms with Gasteiger partial charge < -0.3 is 10.2 Å². The average Bonchev–Trinajstić information content (AvgIpc) is 3.24. The minimum absolute atomic E-state index is 0.150. The predicted octanol–water partition coefficient (Wildman–Crippen LogP) is 1.76. The molecule has 0 spiro atoms. The molecule has 0 aromatic carbocycles. The molecule has 1 amide bonds. The van der Waals surface area contributed by atoms with E-state index in [1.54, 1.807) is 12.4 Å². The van der Waals surface area contributed by atoms with Crippen LogP contribution in [0.5, 0.6) is 0 Å². The van der Waals surface area contributed by atoms with Gasteiger partial charge in [-0.3, -0.25) is 9.78 Å². The third-order valence-corrected chi connectivity index (χ3v) is 4.66. The lowest BCUT2D eigenvalue weighted by Crippen LogP contribution is -2.41. The first-order valence-corrected chi connectivity index (χ1v) is 8.30. The normalized spacial score (nSPS) is 18.9. The van der Waals surface area contributed by atoms with Crippen molar-refractivity contribution in [2.24, 2.45) is 5.92 Å². The Kier molecular flexibility index (Phi) is 3.73. The van der Waals surface area contributed by atoms with Gasteiger partial charge in [-0.1, -0.05) is 0 Å². The topological polar surface area (TPSA) is 63.1 Å². The van der Waals surface area contributed by atoms with E-state index < -0.39 is 0 Å². The van der Waals surface area contributed by atoms with Gasteiger partial charge in [0.05, 0.1) is 17.6 Å². The molecular weight excluding hydrogens is 290 g/mol. The van der Waals surface area contributed by atoms with Crippen molar-refractivity contribution in [1.82, 2.24) is 20.1 Å². The van der Waals surface area contributed by atoms with E-state index >= 15 is 0 Å². The van der Waals surface area contributed by atoms with Crippen molar-refractivity contribution in [3.05, 3.63) is 36.9 Å². The molecule has 0 radical (unpaired) electrons. The van der Waals surface area contributed by atoms with Crippen LogP contribution < -0.4 is 10.2 Å². The first kappa shape index (κ1) is 14.2. The number of amides is 1. The van der Waals surface area contributed by atoms with Gasteiger partial charge in [0, 0.05) is 43.6 Å². The summed E-state index contributed by atoms with van der Waals surface area (Å²) in [6, 6.07) is 4.35. The van der Waals surface area contributed by atoms with Crippen LogP contribution in [-0.4, -0.2) is 39.8 Å². The Morgan fingerprint density at radius 2 is 1.96 bits per heavy atom. The van der Waals surface area contributed by atoms with E-state index in [0.717, 1.165) is 50.1 Å². The molecule has 23 heavy (non-hydrogen) atoms.